The van der Waals surface area contributed by atoms with E-state index in [0.29, 0.717) is 17.1 Å². The highest BCUT2D eigenvalue weighted by molar-refractivity contribution is 6.31. The zero-order valence-electron chi connectivity index (χ0n) is 8.75. The smallest absolute Gasteiger partial charge is 0.254 e. The van der Waals surface area contributed by atoms with Gasteiger partial charge in [-0.15, -0.1) is 6.42 Å². The van der Waals surface area contributed by atoms with Crippen LogP contribution in [0.4, 0.5) is 0 Å². The zero-order valence-corrected chi connectivity index (χ0v) is 9.51. The quantitative estimate of drug-likeness (QED) is 0.703. The summed E-state index contributed by atoms with van der Waals surface area (Å²) < 4.78 is 0. The number of hydrogen-bond donors (Lipinski definition) is 0. The summed E-state index contributed by atoms with van der Waals surface area (Å²) >= 11 is 5.86. The molecule has 1 aromatic rings. The van der Waals surface area contributed by atoms with Gasteiger partial charge in [-0.05, 0) is 30.7 Å². The Morgan fingerprint density at radius 1 is 1.53 bits per heavy atom. The minimum atomic E-state index is -0.112. The summed E-state index contributed by atoms with van der Waals surface area (Å²) in [6, 6.07) is 5.24. The maximum atomic E-state index is 11.8. The molecule has 0 N–H and O–H groups in total. The van der Waals surface area contributed by atoms with Crippen LogP contribution in [0.5, 0.6) is 0 Å². The molecule has 0 spiro atoms. The monoisotopic (exact) mass is 221 g/mol. The lowest BCUT2D eigenvalue weighted by atomic mass is 10.1. The second kappa shape index (κ2) is 4.86. The van der Waals surface area contributed by atoms with Gasteiger partial charge in [0.15, 0.2) is 0 Å². The Morgan fingerprint density at radius 3 is 2.73 bits per heavy atom. The van der Waals surface area contributed by atoms with Crippen LogP contribution in [0.15, 0.2) is 18.2 Å². The SMILES string of the molecule is C#CCN(C)C(=O)c1cc(C)cc(Cl)c1. The largest absolute Gasteiger partial charge is 0.331 e. The summed E-state index contributed by atoms with van der Waals surface area (Å²) in [5.41, 5.74) is 1.53. The molecule has 0 aliphatic carbocycles. The lowest BCUT2D eigenvalue weighted by Gasteiger charge is -2.14. The predicted molar refractivity (Wildman–Crippen MR) is 62.0 cm³/mol. The lowest BCUT2D eigenvalue weighted by molar-refractivity contribution is 0.0812. The Hall–Kier alpha value is -1.46. The number of rotatable bonds is 2. The molecule has 0 saturated heterocycles. The van der Waals surface area contributed by atoms with Crippen molar-refractivity contribution in [1.82, 2.24) is 4.90 Å². The molecule has 1 aromatic carbocycles. The van der Waals surface area contributed by atoms with E-state index in [0.717, 1.165) is 5.56 Å². The average Bonchev–Trinajstić information content (AvgIpc) is 2.15. The second-order valence-electron chi connectivity index (χ2n) is 3.38. The van der Waals surface area contributed by atoms with Gasteiger partial charge in [-0.25, -0.2) is 0 Å². The van der Waals surface area contributed by atoms with Crippen molar-refractivity contribution in [3.05, 3.63) is 34.3 Å². The third-order valence-corrected chi connectivity index (χ3v) is 2.18. The first-order valence-electron chi connectivity index (χ1n) is 4.50. The number of terminal acetylenes is 1. The number of hydrogen-bond acceptors (Lipinski definition) is 1. The molecule has 0 fully saturated rings. The minimum absolute atomic E-state index is 0.112. The maximum Gasteiger partial charge on any atom is 0.254 e. The first kappa shape index (κ1) is 11.6. The molecule has 0 atom stereocenters. The van der Waals surface area contributed by atoms with Gasteiger partial charge in [-0.3, -0.25) is 4.79 Å². The van der Waals surface area contributed by atoms with E-state index in [4.69, 9.17) is 18.0 Å². The molecule has 0 aliphatic heterocycles. The van der Waals surface area contributed by atoms with Crippen molar-refractivity contribution in [2.45, 2.75) is 6.92 Å². The molecule has 0 aromatic heterocycles. The van der Waals surface area contributed by atoms with Crippen LogP contribution in [0.1, 0.15) is 15.9 Å². The van der Waals surface area contributed by atoms with Gasteiger partial charge >= 0.3 is 0 Å². The van der Waals surface area contributed by atoms with E-state index in [1.807, 2.05) is 6.92 Å². The second-order valence-corrected chi connectivity index (χ2v) is 3.82. The van der Waals surface area contributed by atoms with Crippen LogP contribution in [-0.4, -0.2) is 24.4 Å². The van der Waals surface area contributed by atoms with Gasteiger partial charge in [-0.1, -0.05) is 17.5 Å². The third kappa shape index (κ3) is 3.00. The van der Waals surface area contributed by atoms with Crippen molar-refractivity contribution >= 4 is 17.5 Å². The van der Waals surface area contributed by atoms with Gasteiger partial charge < -0.3 is 4.90 Å². The Labute approximate surface area is 94.8 Å². The van der Waals surface area contributed by atoms with Gasteiger partial charge in [0.25, 0.3) is 5.91 Å². The first-order chi connectivity index (χ1) is 7.04. The fraction of sp³-hybridized carbons (Fsp3) is 0.250. The van der Waals surface area contributed by atoms with Crippen LogP contribution in [0.2, 0.25) is 5.02 Å². The number of nitrogens with zero attached hydrogens (tertiary/aromatic N) is 1. The first-order valence-corrected chi connectivity index (χ1v) is 4.88. The number of carbonyl (C=O) groups is 1. The van der Waals surface area contributed by atoms with Crippen LogP contribution in [-0.2, 0) is 0 Å². The topological polar surface area (TPSA) is 20.3 Å². The Bertz CT molecular complexity index is 400. The minimum Gasteiger partial charge on any atom is -0.331 e. The molecule has 15 heavy (non-hydrogen) atoms. The van der Waals surface area contributed by atoms with Crippen molar-refractivity contribution in [2.75, 3.05) is 13.6 Å². The van der Waals surface area contributed by atoms with Crippen molar-refractivity contribution in [3.8, 4) is 12.3 Å². The van der Waals surface area contributed by atoms with Gasteiger partial charge in [0.2, 0.25) is 0 Å². The molecule has 1 amide bonds. The maximum absolute atomic E-state index is 11.8. The van der Waals surface area contributed by atoms with Gasteiger partial charge in [0.1, 0.15) is 0 Å². The van der Waals surface area contributed by atoms with Gasteiger partial charge in [-0.2, -0.15) is 0 Å². The Balaban J connectivity index is 2.97. The summed E-state index contributed by atoms with van der Waals surface area (Å²) in [5.74, 6) is 2.31. The summed E-state index contributed by atoms with van der Waals surface area (Å²) in [6.07, 6.45) is 5.14. The molecule has 1 rings (SSSR count). The average molecular weight is 222 g/mol. The third-order valence-electron chi connectivity index (χ3n) is 1.96. The van der Waals surface area contributed by atoms with Crippen LogP contribution in [0.25, 0.3) is 0 Å². The summed E-state index contributed by atoms with van der Waals surface area (Å²) in [5, 5.41) is 0.562. The van der Waals surface area contributed by atoms with Crippen molar-refractivity contribution in [3.63, 3.8) is 0 Å². The van der Waals surface area contributed by atoms with Gasteiger partial charge in [0, 0.05) is 17.6 Å². The van der Waals surface area contributed by atoms with Gasteiger partial charge in [0.05, 0.1) is 6.54 Å². The summed E-state index contributed by atoms with van der Waals surface area (Å²) in [4.78, 5) is 13.3. The lowest BCUT2D eigenvalue weighted by Crippen LogP contribution is -2.26. The van der Waals surface area contributed by atoms with E-state index < -0.39 is 0 Å². The van der Waals surface area contributed by atoms with E-state index in [1.165, 1.54) is 4.90 Å². The van der Waals surface area contributed by atoms with Crippen LogP contribution < -0.4 is 0 Å². The summed E-state index contributed by atoms with van der Waals surface area (Å²) in [6.45, 7) is 2.19. The molecular weight excluding hydrogens is 210 g/mol. The van der Waals surface area contributed by atoms with E-state index in [1.54, 1.807) is 25.2 Å². The number of carbonyl (C=O) groups excluding carboxylic acids is 1. The Morgan fingerprint density at radius 2 is 2.20 bits per heavy atom. The molecule has 2 nitrogen and oxygen atoms in total. The Kier molecular flexibility index (Phi) is 3.76. The predicted octanol–water partition coefficient (Wildman–Crippen LogP) is 2.35. The van der Waals surface area contributed by atoms with Crippen molar-refractivity contribution in [2.24, 2.45) is 0 Å². The van der Waals surface area contributed by atoms with E-state index in [-0.39, 0.29) is 5.91 Å². The molecule has 0 aliphatic rings. The van der Waals surface area contributed by atoms with Crippen molar-refractivity contribution in [1.29, 1.82) is 0 Å². The molecule has 0 unspecified atom stereocenters. The normalized spacial score (nSPS) is 9.47. The number of amides is 1. The number of benzene rings is 1. The molecule has 0 radical (unpaired) electrons. The molecular formula is C12H12ClNO. The highest BCUT2D eigenvalue weighted by atomic mass is 35.5. The number of halogens is 1. The van der Waals surface area contributed by atoms with E-state index in [2.05, 4.69) is 5.92 Å². The summed E-state index contributed by atoms with van der Waals surface area (Å²) in [7, 11) is 1.67. The van der Waals surface area contributed by atoms with Crippen LogP contribution >= 0.6 is 11.6 Å². The molecule has 78 valence electrons. The van der Waals surface area contributed by atoms with E-state index >= 15 is 0 Å². The fourth-order valence-electron chi connectivity index (χ4n) is 1.29. The number of aryl methyl sites for hydroxylation is 1. The zero-order chi connectivity index (χ0) is 11.4. The molecule has 3 heteroatoms. The fourth-order valence-corrected chi connectivity index (χ4v) is 1.58. The van der Waals surface area contributed by atoms with Crippen molar-refractivity contribution < 1.29 is 4.79 Å². The standard InChI is InChI=1S/C12H12ClNO/c1-4-5-14(3)12(15)10-6-9(2)7-11(13)8-10/h1,6-8H,5H2,2-3H3. The molecule has 0 saturated carbocycles. The van der Waals surface area contributed by atoms with E-state index in [9.17, 15) is 4.79 Å². The molecule has 0 bridgehead atoms. The molecule has 0 heterocycles. The van der Waals surface area contributed by atoms with Crippen LogP contribution in [0.3, 0.4) is 0 Å². The van der Waals surface area contributed by atoms with Crippen LogP contribution in [0, 0.1) is 19.3 Å². The highest BCUT2D eigenvalue weighted by Gasteiger charge is 2.11. The highest BCUT2D eigenvalue weighted by Crippen LogP contribution is 2.15.